The highest BCUT2D eigenvalue weighted by Crippen LogP contribution is 2.21. The van der Waals surface area contributed by atoms with Crippen molar-refractivity contribution >= 4 is 11.8 Å². The summed E-state index contributed by atoms with van der Waals surface area (Å²) in [5.74, 6) is 0. The van der Waals surface area contributed by atoms with Crippen molar-refractivity contribution in [1.82, 2.24) is 24.7 Å². The minimum absolute atomic E-state index is 0.806. The van der Waals surface area contributed by atoms with E-state index in [0.717, 1.165) is 10.2 Å². The van der Waals surface area contributed by atoms with Gasteiger partial charge in [-0.25, -0.2) is 4.98 Å². The molecule has 0 amide bonds. The summed E-state index contributed by atoms with van der Waals surface area (Å²) in [5.41, 5.74) is 0. The average molecular weight is 193 g/mol. The van der Waals surface area contributed by atoms with E-state index in [2.05, 4.69) is 20.2 Å². The molecule has 2 heterocycles. The summed E-state index contributed by atoms with van der Waals surface area (Å²) in [4.78, 5) is 8.07. The first-order valence-corrected chi connectivity index (χ1v) is 4.46. The predicted octanol–water partition coefficient (Wildman–Crippen LogP) is 0.756. The lowest BCUT2D eigenvalue weighted by molar-refractivity contribution is 0.786. The molecule has 0 N–H and O–H groups in total. The maximum absolute atomic E-state index is 4.11. The van der Waals surface area contributed by atoms with Crippen LogP contribution >= 0.6 is 11.8 Å². The number of hydrogen-bond donors (Lipinski definition) is 0. The van der Waals surface area contributed by atoms with Gasteiger partial charge in [0, 0.05) is 19.4 Å². The lowest BCUT2D eigenvalue weighted by Crippen LogP contribution is -1.89. The molecule has 13 heavy (non-hydrogen) atoms. The first-order chi connectivity index (χ1) is 6.36. The number of nitrogens with zero attached hydrogens (tertiary/aromatic N) is 5. The highest BCUT2D eigenvalue weighted by molar-refractivity contribution is 7.99. The van der Waals surface area contributed by atoms with Gasteiger partial charge in [-0.1, -0.05) is 0 Å². The average Bonchev–Trinajstić information content (AvgIpc) is 2.54. The van der Waals surface area contributed by atoms with Crippen LogP contribution in [0.4, 0.5) is 0 Å². The quantitative estimate of drug-likeness (QED) is 0.704. The standard InChI is InChI=1S/C7H7N5S/c1-12-5-10-11-7(12)13-6-4-8-2-3-9-6/h2-5H,1H3. The van der Waals surface area contributed by atoms with Crippen LogP contribution in [0.1, 0.15) is 0 Å². The third kappa shape index (κ3) is 1.83. The molecule has 2 aromatic heterocycles. The van der Waals surface area contributed by atoms with Gasteiger partial charge >= 0.3 is 0 Å². The molecule has 0 aliphatic rings. The second-order valence-corrected chi connectivity index (χ2v) is 3.36. The van der Waals surface area contributed by atoms with Crippen LogP contribution in [0.2, 0.25) is 0 Å². The number of aromatic nitrogens is 5. The van der Waals surface area contributed by atoms with Crippen molar-refractivity contribution in [3.05, 3.63) is 24.9 Å². The summed E-state index contributed by atoms with van der Waals surface area (Å²) >= 11 is 1.44. The largest absolute Gasteiger partial charge is 0.311 e. The summed E-state index contributed by atoms with van der Waals surface area (Å²) in [5, 5.41) is 9.31. The molecule has 0 saturated heterocycles. The predicted molar refractivity (Wildman–Crippen MR) is 47.2 cm³/mol. The van der Waals surface area contributed by atoms with Crippen LogP contribution < -0.4 is 0 Å². The highest BCUT2D eigenvalue weighted by atomic mass is 32.2. The van der Waals surface area contributed by atoms with E-state index in [-0.39, 0.29) is 0 Å². The highest BCUT2D eigenvalue weighted by Gasteiger charge is 2.03. The fourth-order valence-electron chi connectivity index (χ4n) is 0.797. The Morgan fingerprint density at radius 3 is 2.92 bits per heavy atom. The van der Waals surface area contributed by atoms with E-state index >= 15 is 0 Å². The summed E-state index contributed by atoms with van der Waals surface area (Å²) in [6, 6.07) is 0. The Labute approximate surface area is 79.2 Å². The normalized spacial score (nSPS) is 10.2. The van der Waals surface area contributed by atoms with Crippen molar-refractivity contribution in [3.63, 3.8) is 0 Å². The Balaban J connectivity index is 2.20. The van der Waals surface area contributed by atoms with E-state index in [9.17, 15) is 0 Å². The molecule has 0 fully saturated rings. The van der Waals surface area contributed by atoms with E-state index in [4.69, 9.17) is 0 Å². The second-order valence-electron chi connectivity index (χ2n) is 2.37. The molecule has 6 heteroatoms. The SMILES string of the molecule is Cn1cnnc1Sc1cnccn1. The van der Waals surface area contributed by atoms with Crippen molar-refractivity contribution in [3.8, 4) is 0 Å². The zero-order chi connectivity index (χ0) is 9.10. The van der Waals surface area contributed by atoms with Crippen molar-refractivity contribution in [2.75, 3.05) is 0 Å². The summed E-state index contributed by atoms with van der Waals surface area (Å²) in [6.07, 6.45) is 6.64. The van der Waals surface area contributed by atoms with Gasteiger partial charge in [0.15, 0.2) is 5.16 Å². The Hall–Kier alpha value is -1.43. The molecule has 0 bridgehead atoms. The molecular weight excluding hydrogens is 186 g/mol. The number of rotatable bonds is 2. The summed E-state index contributed by atoms with van der Waals surface area (Å²) in [6.45, 7) is 0. The molecule has 2 rings (SSSR count). The molecule has 2 aromatic rings. The summed E-state index contributed by atoms with van der Waals surface area (Å²) < 4.78 is 1.83. The zero-order valence-electron chi connectivity index (χ0n) is 6.95. The van der Waals surface area contributed by atoms with Crippen molar-refractivity contribution < 1.29 is 0 Å². The maximum atomic E-state index is 4.11. The van der Waals surface area contributed by atoms with Gasteiger partial charge in [-0.15, -0.1) is 10.2 Å². The van der Waals surface area contributed by atoms with E-state index in [1.807, 2.05) is 11.6 Å². The molecule has 0 aliphatic carbocycles. The molecule has 0 spiro atoms. The third-order valence-corrected chi connectivity index (χ3v) is 2.38. The van der Waals surface area contributed by atoms with Gasteiger partial charge in [-0.05, 0) is 11.8 Å². The second kappa shape index (κ2) is 3.53. The topological polar surface area (TPSA) is 56.5 Å². The molecule has 0 saturated carbocycles. The third-order valence-electron chi connectivity index (χ3n) is 1.41. The zero-order valence-corrected chi connectivity index (χ0v) is 7.77. The smallest absolute Gasteiger partial charge is 0.197 e. The molecule has 0 aliphatic heterocycles. The molecule has 0 aromatic carbocycles. The van der Waals surface area contributed by atoms with Crippen LogP contribution in [0, 0.1) is 0 Å². The van der Waals surface area contributed by atoms with Gasteiger partial charge in [0.25, 0.3) is 0 Å². The monoisotopic (exact) mass is 193 g/mol. The minimum Gasteiger partial charge on any atom is -0.311 e. The Morgan fingerprint density at radius 1 is 1.38 bits per heavy atom. The maximum Gasteiger partial charge on any atom is 0.197 e. The lowest BCUT2D eigenvalue weighted by Gasteiger charge is -1.97. The Bertz CT molecular complexity index is 385. The van der Waals surface area contributed by atoms with Crippen LogP contribution in [0.3, 0.4) is 0 Å². The summed E-state index contributed by atoms with van der Waals surface area (Å²) in [7, 11) is 1.89. The van der Waals surface area contributed by atoms with Crippen molar-refractivity contribution in [1.29, 1.82) is 0 Å². The van der Waals surface area contributed by atoms with E-state index in [1.165, 1.54) is 11.8 Å². The van der Waals surface area contributed by atoms with Gasteiger partial charge in [-0.3, -0.25) is 4.98 Å². The lowest BCUT2D eigenvalue weighted by atomic mass is 10.8. The molecule has 0 atom stereocenters. The van der Waals surface area contributed by atoms with Gasteiger partial charge in [0.05, 0.1) is 6.20 Å². The van der Waals surface area contributed by atoms with E-state index in [1.54, 1.807) is 24.9 Å². The first-order valence-electron chi connectivity index (χ1n) is 3.64. The van der Waals surface area contributed by atoms with Crippen molar-refractivity contribution in [2.24, 2.45) is 7.05 Å². The number of aryl methyl sites for hydroxylation is 1. The fraction of sp³-hybridized carbons (Fsp3) is 0.143. The van der Waals surface area contributed by atoms with Gasteiger partial charge in [-0.2, -0.15) is 0 Å². The van der Waals surface area contributed by atoms with Crippen LogP contribution in [-0.4, -0.2) is 24.7 Å². The van der Waals surface area contributed by atoms with Gasteiger partial charge in [0.2, 0.25) is 0 Å². The van der Waals surface area contributed by atoms with Crippen molar-refractivity contribution in [2.45, 2.75) is 10.2 Å². The molecule has 0 radical (unpaired) electrons. The van der Waals surface area contributed by atoms with Crippen LogP contribution in [0.15, 0.2) is 35.1 Å². The number of hydrogen-bond acceptors (Lipinski definition) is 5. The van der Waals surface area contributed by atoms with Crippen LogP contribution in [0.5, 0.6) is 0 Å². The minimum atomic E-state index is 0.806. The molecule has 0 unspecified atom stereocenters. The Kier molecular flexibility index (Phi) is 2.22. The van der Waals surface area contributed by atoms with Crippen LogP contribution in [-0.2, 0) is 7.05 Å². The molecule has 66 valence electrons. The Morgan fingerprint density at radius 2 is 2.31 bits per heavy atom. The van der Waals surface area contributed by atoms with E-state index in [0.29, 0.717) is 0 Å². The first kappa shape index (κ1) is 8.18. The van der Waals surface area contributed by atoms with Gasteiger partial charge in [0.1, 0.15) is 11.4 Å². The van der Waals surface area contributed by atoms with E-state index < -0.39 is 0 Å². The molecular formula is C7H7N5S. The van der Waals surface area contributed by atoms with Crippen LogP contribution in [0.25, 0.3) is 0 Å². The molecule has 5 nitrogen and oxygen atoms in total. The fourth-order valence-corrected chi connectivity index (χ4v) is 1.49. The van der Waals surface area contributed by atoms with Gasteiger partial charge < -0.3 is 4.57 Å².